The van der Waals surface area contributed by atoms with E-state index in [9.17, 15) is 40.7 Å². The molecule has 2 heterocycles. The summed E-state index contributed by atoms with van der Waals surface area (Å²) in [5, 5.41) is 2.57. The Bertz CT molecular complexity index is 1660. The van der Waals surface area contributed by atoms with Gasteiger partial charge in [-0.3, -0.25) is 14.4 Å². The molecule has 0 spiro atoms. The van der Waals surface area contributed by atoms with Gasteiger partial charge in [0.1, 0.15) is 11.7 Å². The maximum atomic E-state index is 14.2. The number of likely N-dealkylation sites (N-methyl/N-ethyl adjacent to an activating group) is 1. The van der Waals surface area contributed by atoms with Crippen LogP contribution in [0, 0.1) is 19.8 Å². The van der Waals surface area contributed by atoms with Crippen molar-refractivity contribution < 1.29 is 40.7 Å². The van der Waals surface area contributed by atoms with Crippen molar-refractivity contribution in [2.24, 2.45) is 5.92 Å². The van der Waals surface area contributed by atoms with E-state index < -0.39 is 59.6 Å². The number of nitrogens with one attached hydrogen (secondary N) is 1. The Morgan fingerprint density at radius 3 is 2.15 bits per heavy atom. The number of esters is 1. The summed E-state index contributed by atoms with van der Waals surface area (Å²) in [7, 11) is 4.42. The highest BCUT2D eigenvalue weighted by Gasteiger charge is 2.37. The number of benzene rings is 1. The number of rotatable bonds is 12. The van der Waals surface area contributed by atoms with Crippen molar-refractivity contribution in [2.75, 3.05) is 27.7 Å². The molecule has 0 aliphatic rings. The van der Waals surface area contributed by atoms with E-state index in [1.807, 2.05) is 0 Å². The molecular formula is C34H40F6N4O4. The Hall–Kier alpha value is -4.20. The number of amides is 1. The summed E-state index contributed by atoms with van der Waals surface area (Å²) < 4.78 is 89.9. The highest BCUT2D eigenvalue weighted by molar-refractivity contribution is 5.82. The second-order valence-electron chi connectivity index (χ2n) is 12.4. The Labute approximate surface area is 275 Å². The summed E-state index contributed by atoms with van der Waals surface area (Å²) in [4.78, 5) is 45.1. The molecule has 0 fully saturated rings. The number of hydrogen-bond donors (Lipinski definition) is 1. The minimum absolute atomic E-state index is 0.0150. The van der Waals surface area contributed by atoms with Crippen LogP contribution in [0.1, 0.15) is 72.4 Å². The van der Waals surface area contributed by atoms with Gasteiger partial charge >= 0.3 is 18.3 Å². The van der Waals surface area contributed by atoms with Crippen LogP contribution in [0.5, 0.6) is 0 Å². The second-order valence-corrected chi connectivity index (χ2v) is 12.4. The van der Waals surface area contributed by atoms with Gasteiger partial charge in [0.2, 0.25) is 5.91 Å². The average molecular weight is 683 g/mol. The average Bonchev–Trinajstić information content (AvgIpc) is 2.97. The number of ether oxygens (including phenoxy) is 1. The molecule has 0 aliphatic carbocycles. The lowest BCUT2D eigenvalue weighted by Crippen LogP contribution is -2.41. The van der Waals surface area contributed by atoms with E-state index in [0.29, 0.717) is 22.8 Å². The standard InChI is InChI=1S/C34H40F6N4O4/c1-19(2)13-27(44-18-22(11-12-43(5)6)24(16-29(44)45)33(35,36)37)32(47)42-26(17-30(46)48-7)25-14-23(15-28(41-25)34(38,39)40)31-20(3)9-8-10-21(31)4/h8-10,14-16,18-19,26-27H,11-13,17H2,1-7H3,(H,42,47)/t26-,27?/m0/s1. The van der Waals surface area contributed by atoms with Crippen molar-refractivity contribution in [1.82, 2.24) is 19.8 Å². The molecule has 0 radical (unpaired) electrons. The van der Waals surface area contributed by atoms with Gasteiger partial charge in [-0.2, -0.15) is 26.3 Å². The first-order valence-corrected chi connectivity index (χ1v) is 15.2. The number of hydrogen-bond acceptors (Lipinski definition) is 6. The van der Waals surface area contributed by atoms with Crippen molar-refractivity contribution in [1.29, 1.82) is 0 Å². The molecule has 2 aromatic heterocycles. The Morgan fingerprint density at radius 2 is 1.62 bits per heavy atom. The maximum absolute atomic E-state index is 14.2. The number of carbonyl (C=O) groups excluding carboxylic acids is 2. The second kappa shape index (κ2) is 15.3. The van der Waals surface area contributed by atoms with Crippen LogP contribution in [0.3, 0.4) is 0 Å². The van der Waals surface area contributed by atoms with Crippen molar-refractivity contribution in [3.8, 4) is 11.1 Å². The number of aromatic nitrogens is 2. The minimum Gasteiger partial charge on any atom is -0.469 e. The van der Waals surface area contributed by atoms with Crippen LogP contribution >= 0.6 is 0 Å². The zero-order valence-electron chi connectivity index (χ0n) is 27.8. The first kappa shape index (κ1) is 38.2. The molecule has 262 valence electrons. The first-order valence-electron chi connectivity index (χ1n) is 15.2. The van der Waals surface area contributed by atoms with Gasteiger partial charge in [0.05, 0.1) is 30.8 Å². The van der Waals surface area contributed by atoms with Crippen molar-refractivity contribution in [3.05, 3.63) is 86.6 Å². The van der Waals surface area contributed by atoms with E-state index in [4.69, 9.17) is 4.74 Å². The zero-order valence-corrected chi connectivity index (χ0v) is 27.8. The number of aryl methyl sites for hydroxylation is 2. The molecule has 1 N–H and O–H groups in total. The van der Waals surface area contributed by atoms with Crippen LogP contribution in [0.15, 0.2) is 47.4 Å². The van der Waals surface area contributed by atoms with E-state index in [-0.39, 0.29) is 42.1 Å². The zero-order chi connectivity index (χ0) is 36.1. The SMILES string of the molecule is COC(=O)C[C@H](NC(=O)C(CC(C)C)n1cc(CCN(C)C)c(C(F)(F)F)cc1=O)c1cc(-c2c(C)cccc2C)cc(C(F)(F)F)n1. The Balaban J connectivity index is 2.20. The third-order valence-electron chi connectivity index (χ3n) is 7.81. The summed E-state index contributed by atoms with van der Waals surface area (Å²) in [5.74, 6) is -2.02. The van der Waals surface area contributed by atoms with Crippen LogP contribution in [0.4, 0.5) is 26.3 Å². The number of nitrogens with zero attached hydrogens (tertiary/aromatic N) is 3. The van der Waals surface area contributed by atoms with Crippen molar-refractivity contribution >= 4 is 11.9 Å². The largest absolute Gasteiger partial charge is 0.469 e. The minimum atomic E-state index is -4.89. The molecule has 14 heteroatoms. The summed E-state index contributed by atoms with van der Waals surface area (Å²) in [6.07, 6.45) is -9.43. The lowest BCUT2D eigenvalue weighted by Gasteiger charge is -2.26. The summed E-state index contributed by atoms with van der Waals surface area (Å²) in [6, 6.07) is 5.07. The van der Waals surface area contributed by atoms with E-state index in [2.05, 4.69) is 10.3 Å². The molecule has 0 bridgehead atoms. The predicted molar refractivity (Wildman–Crippen MR) is 168 cm³/mol. The first-order chi connectivity index (χ1) is 22.2. The van der Waals surface area contributed by atoms with Crippen LogP contribution < -0.4 is 10.9 Å². The molecule has 1 aromatic carbocycles. The van der Waals surface area contributed by atoms with Gasteiger partial charge in [-0.1, -0.05) is 32.0 Å². The molecular weight excluding hydrogens is 642 g/mol. The molecule has 8 nitrogen and oxygen atoms in total. The van der Waals surface area contributed by atoms with Gasteiger partial charge in [0.15, 0.2) is 0 Å². The summed E-state index contributed by atoms with van der Waals surface area (Å²) >= 11 is 0. The van der Waals surface area contributed by atoms with Crippen LogP contribution in [0.25, 0.3) is 11.1 Å². The lowest BCUT2D eigenvalue weighted by molar-refractivity contribution is -0.141. The van der Waals surface area contributed by atoms with Gasteiger partial charge in [-0.25, -0.2) is 4.98 Å². The fourth-order valence-electron chi connectivity index (χ4n) is 5.47. The Kier molecular flexibility index (Phi) is 12.2. The van der Waals surface area contributed by atoms with Crippen molar-refractivity contribution in [3.63, 3.8) is 0 Å². The lowest BCUT2D eigenvalue weighted by atomic mass is 9.94. The molecule has 3 aromatic rings. The molecule has 2 atom stereocenters. The number of alkyl halides is 6. The molecule has 1 unspecified atom stereocenters. The van der Waals surface area contributed by atoms with Gasteiger partial charge in [-0.05, 0) is 86.7 Å². The molecule has 3 rings (SSSR count). The molecule has 48 heavy (non-hydrogen) atoms. The van der Waals surface area contributed by atoms with Crippen molar-refractivity contribution in [2.45, 2.75) is 71.4 Å². The van der Waals surface area contributed by atoms with Gasteiger partial charge in [0, 0.05) is 18.8 Å². The molecule has 0 saturated carbocycles. The maximum Gasteiger partial charge on any atom is 0.433 e. The number of halogens is 6. The number of pyridine rings is 2. The summed E-state index contributed by atoms with van der Waals surface area (Å²) in [6.45, 7) is 7.15. The molecule has 0 aliphatic heterocycles. The van der Waals surface area contributed by atoms with Crippen LogP contribution in [-0.4, -0.2) is 54.1 Å². The fourth-order valence-corrected chi connectivity index (χ4v) is 5.47. The van der Waals surface area contributed by atoms with Crippen LogP contribution in [-0.2, 0) is 33.1 Å². The fraction of sp³-hybridized carbons (Fsp3) is 0.471. The van der Waals surface area contributed by atoms with E-state index >= 15 is 0 Å². The monoisotopic (exact) mass is 682 g/mol. The highest BCUT2D eigenvalue weighted by Crippen LogP contribution is 2.36. The number of carbonyl (C=O) groups is 2. The smallest absolute Gasteiger partial charge is 0.433 e. The van der Waals surface area contributed by atoms with E-state index in [1.165, 1.54) is 6.07 Å². The molecule has 1 amide bonds. The highest BCUT2D eigenvalue weighted by atomic mass is 19.4. The predicted octanol–water partition coefficient (Wildman–Crippen LogP) is 6.68. The quantitative estimate of drug-likeness (QED) is 0.169. The summed E-state index contributed by atoms with van der Waals surface area (Å²) in [5.41, 5.74) is -1.96. The van der Waals surface area contributed by atoms with Gasteiger partial charge < -0.3 is 19.5 Å². The van der Waals surface area contributed by atoms with E-state index in [0.717, 1.165) is 23.9 Å². The normalized spacial score (nSPS) is 13.5. The third kappa shape index (κ3) is 9.68. The van der Waals surface area contributed by atoms with E-state index in [1.54, 1.807) is 64.9 Å². The number of methoxy groups -OCH3 is 1. The van der Waals surface area contributed by atoms with Gasteiger partial charge in [-0.15, -0.1) is 0 Å². The van der Waals surface area contributed by atoms with Gasteiger partial charge in [0.25, 0.3) is 5.56 Å². The Morgan fingerprint density at radius 1 is 1.00 bits per heavy atom. The topological polar surface area (TPSA) is 93.5 Å². The third-order valence-corrected chi connectivity index (χ3v) is 7.81. The molecule has 0 saturated heterocycles. The van der Waals surface area contributed by atoms with Crippen LogP contribution in [0.2, 0.25) is 0 Å².